The molecule has 6 heteroatoms. The number of hydrogen-bond acceptors (Lipinski definition) is 4. The van der Waals surface area contributed by atoms with Crippen LogP contribution in [0, 0.1) is 0 Å². The van der Waals surface area contributed by atoms with Crippen LogP contribution in [0.4, 0.5) is 14.6 Å². The molecule has 0 saturated heterocycles. The second-order valence-electron chi connectivity index (χ2n) is 4.24. The molecule has 0 unspecified atom stereocenters. The number of pyridine rings is 1. The first-order valence-electron chi connectivity index (χ1n) is 5.92. The Morgan fingerprint density at radius 3 is 2.60 bits per heavy atom. The molecule has 0 aliphatic heterocycles. The van der Waals surface area contributed by atoms with Gasteiger partial charge in [0.1, 0.15) is 5.69 Å². The molecule has 0 aliphatic carbocycles. The predicted molar refractivity (Wildman–Crippen MR) is 72.1 cm³/mol. The van der Waals surface area contributed by atoms with E-state index in [4.69, 9.17) is 5.73 Å². The van der Waals surface area contributed by atoms with Gasteiger partial charge in [-0.25, -0.2) is 8.78 Å². The zero-order valence-corrected chi connectivity index (χ0v) is 10.3. The number of hydrogen-bond donors (Lipinski definition) is 1. The number of nitrogen functional groups attached to an aromatic ring is 1. The largest absolute Gasteiger partial charge is 0.382 e. The Morgan fingerprint density at radius 1 is 1.00 bits per heavy atom. The van der Waals surface area contributed by atoms with Gasteiger partial charge in [0.25, 0.3) is 6.43 Å². The van der Waals surface area contributed by atoms with Crippen LogP contribution in [0.2, 0.25) is 0 Å². The molecule has 0 amide bonds. The fourth-order valence-electron chi connectivity index (χ4n) is 2.12. The van der Waals surface area contributed by atoms with E-state index in [9.17, 15) is 8.78 Å². The molecule has 2 heterocycles. The molecule has 3 rings (SSSR count). The second kappa shape index (κ2) is 4.80. The number of alkyl halides is 2. The minimum Gasteiger partial charge on any atom is -0.382 e. The van der Waals surface area contributed by atoms with Crippen LogP contribution in [0.1, 0.15) is 12.0 Å². The van der Waals surface area contributed by atoms with Crippen LogP contribution in [0.3, 0.4) is 0 Å². The number of fused-ring (bicyclic) bond motifs is 1. The van der Waals surface area contributed by atoms with Gasteiger partial charge in [-0.2, -0.15) is 0 Å². The molecule has 100 valence electrons. The summed E-state index contributed by atoms with van der Waals surface area (Å²) in [4.78, 5) is 3.97. The molecule has 0 saturated carbocycles. The topological polar surface area (TPSA) is 64.7 Å². The Labute approximate surface area is 113 Å². The summed E-state index contributed by atoms with van der Waals surface area (Å²) >= 11 is 0. The van der Waals surface area contributed by atoms with Crippen LogP contribution >= 0.6 is 0 Å². The molecule has 20 heavy (non-hydrogen) atoms. The highest BCUT2D eigenvalue weighted by Crippen LogP contribution is 2.34. The highest BCUT2D eigenvalue weighted by Gasteiger charge is 2.17. The summed E-state index contributed by atoms with van der Waals surface area (Å²) in [5.74, 6) is 0.228. The van der Waals surface area contributed by atoms with Crippen LogP contribution in [0.5, 0.6) is 0 Å². The third kappa shape index (κ3) is 1.95. The van der Waals surface area contributed by atoms with Crippen molar-refractivity contribution in [3.05, 3.63) is 48.3 Å². The quantitative estimate of drug-likeness (QED) is 0.778. The number of benzene rings is 1. The number of aromatic nitrogens is 3. The lowest BCUT2D eigenvalue weighted by molar-refractivity contribution is 0.152. The van der Waals surface area contributed by atoms with Crippen molar-refractivity contribution >= 4 is 16.6 Å². The maximum atomic E-state index is 13.1. The van der Waals surface area contributed by atoms with Gasteiger partial charge in [-0.05, 0) is 6.07 Å². The van der Waals surface area contributed by atoms with Crippen LogP contribution in [-0.2, 0) is 0 Å². The molecular formula is C14H10F2N4. The fraction of sp³-hybridized carbons (Fsp3) is 0.0714. The molecule has 0 bridgehead atoms. The zero-order chi connectivity index (χ0) is 14.1. The lowest BCUT2D eigenvalue weighted by Crippen LogP contribution is -2.00. The third-order valence-electron chi connectivity index (χ3n) is 3.06. The van der Waals surface area contributed by atoms with Crippen LogP contribution < -0.4 is 5.73 Å². The number of anilines is 1. The summed E-state index contributed by atoms with van der Waals surface area (Å²) in [7, 11) is 0. The third-order valence-corrected chi connectivity index (χ3v) is 3.06. The second-order valence-corrected chi connectivity index (χ2v) is 4.24. The van der Waals surface area contributed by atoms with Crippen molar-refractivity contribution in [3.63, 3.8) is 0 Å². The van der Waals surface area contributed by atoms with E-state index in [1.807, 2.05) is 0 Å². The van der Waals surface area contributed by atoms with E-state index in [1.54, 1.807) is 36.7 Å². The van der Waals surface area contributed by atoms with Crippen molar-refractivity contribution in [2.24, 2.45) is 0 Å². The molecule has 3 aromatic rings. The molecule has 2 aromatic heterocycles. The van der Waals surface area contributed by atoms with Crippen molar-refractivity contribution in [1.82, 2.24) is 15.2 Å². The van der Waals surface area contributed by atoms with E-state index < -0.39 is 6.43 Å². The Hall–Kier alpha value is -2.63. The maximum absolute atomic E-state index is 13.1. The first-order chi connectivity index (χ1) is 9.68. The van der Waals surface area contributed by atoms with Gasteiger partial charge in [0.2, 0.25) is 0 Å². The lowest BCUT2D eigenvalue weighted by Gasteiger charge is -2.10. The van der Waals surface area contributed by atoms with E-state index in [1.165, 1.54) is 6.07 Å². The van der Waals surface area contributed by atoms with Crippen molar-refractivity contribution in [1.29, 1.82) is 0 Å². The van der Waals surface area contributed by atoms with Gasteiger partial charge in [0.05, 0.1) is 0 Å². The van der Waals surface area contributed by atoms with Crippen molar-refractivity contribution in [3.8, 4) is 11.3 Å². The van der Waals surface area contributed by atoms with Gasteiger partial charge in [0.15, 0.2) is 5.82 Å². The van der Waals surface area contributed by atoms with Gasteiger partial charge < -0.3 is 5.73 Å². The molecule has 0 fully saturated rings. The predicted octanol–water partition coefficient (Wildman–Crippen LogP) is 3.21. The van der Waals surface area contributed by atoms with E-state index in [0.717, 1.165) is 0 Å². The van der Waals surface area contributed by atoms with Gasteiger partial charge in [-0.15, -0.1) is 10.2 Å². The monoisotopic (exact) mass is 272 g/mol. The average molecular weight is 272 g/mol. The van der Waals surface area contributed by atoms with Gasteiger partial charge in [-0.3, -0.25) is 4.98 Å². The number of rotatable bonds is 2. The minimum atomic E-state index is -2.58. The number of halogens is 2. The van der Waals surface area contributed by atoms with Crippen molar-refractivity contribution < 1.29 is 8.78 Å². The standard InChI is InChI=1S/C14H10F2N4/c15-13(16)10-4-2-1-3-8(10)12-9-5-6-18-7-11(9)14(17)20-19-12/h1-7,13H,(H2,17,20). The molecule has 4 nitrogen and oxygen atoms in total. The molecular weight excluding hydrogens is 262 g/mol. The number of nitrogens with zero attached hydrogens (tertiary/aromatic N) is 3. The van der Waals surface area contributed by atoms with Crippen LogP contribution in [0.15, 0.2) is 42.7 Å². The maximum Gasteiger partial charge on any atom is 0.264 e. The van der Waals surface area contributed by atoms with E-state index in [-0.39, 0.29) is 11.4 Å². The number of nitrogens with two attached hydrogens (primary N) is 1. The van der Waals surface area contributed by atoms with Gasteiger partial charge >= 0.3 is 0 Å². The minimum absolute atomic E-state index is 0.0790. The Bertz CT molecular complexity index is 774. The van der Waals surface area contributed by atoms with E-state index in [2.05, 4.69) is 15.2 Å². The molecule has 1 aromatic carbocycles. The van der Waals surface area contributed by atoms with Gasteiger partial charge in [0, 0.05) is 34.3 Å². The molecule has 0 atom stereocenters. The SMILES string of the molecule is Nc1nnc(-c2ccccc2C(F)F)c2ccncc12. The first kappa shape index (κ1) is 12.4. The highest BCUT2D eigenvalue weighted by molar-refractivity contribution is 5.99. The van der Waals surface area contributed by atoms with Crippen molar-refractivity contribution in [2.45, 2.75) is 6.43 Å². The molecule has 2 N–H and O–H groups in total. The summed E-state index contributed by atoms with van der Waals surface area (Å²) < 4.78 is 26.2. The van der Waals surface area contributed by atoms with Gasteiger partial charge in [-0.1, -0.05) is 24.3 Å². The van der Waals surface area contributed by atoms with Crippen LogP contribution in [0.25, 0.3) is 22.0 Å². The molecule has 0 spiro atoms. The first-order valence-corrected chi connectivity index (χ1v) is 5.92. The Balaban J connectivity index is 2.34. The van der Waals surface area contributed by atoms with Crippen LogP contribution in [-0.4, -0.2) is 15.2 Å². The summed E-state index contributed by atoms with van der Waals surface area (Å²) in [6.45, 7) is 0. The summed E-state index contributed by atoms with van der Waals surface area (Å²) in [5, 5.41) is 9.06. The summed E-state index contributed by atoms with van der Waals surface area (Å²) in [6, 6.07) is 7.93. The lowest BCUT2D eigenvalue weighted by atomic mass is 10.0. The molecule has 0 radical (unpaired) electrons. The average Bonchev–Trinajstić information content (AvgIpc) is 2.48. The Morgan fingerprint density at radius 2 is 1.80 bits per heavy atom. The summed E-state index contributed by atoms with van der Waals surface area (Å²) in [6.07, 6.45) is 0.536. The van der Waals surface area contributed by atoms with E-state index >= 15 is 0 Å². The summed E-state index contributed by atoms with van der Waals surface area (Å²) in [5.41, 5.74) is 6.40. The van der Waals surface area contributed by atoms with Crippen molar-refractivity contribution in [2.75, 3.05) is 5.73 Å². The zero-order valence-electron chi connectivity index (χ0n) is 10.3. The normalized spacial score (nSPS) is 11.2. The highest BCUT2D eigenvalue weighted by atomic mass is 19.3. The Kier molecular flexibility index (Phi) is 2.98. The smallest absolute Gasteiger partial charge is 0.264 e. The van der Waals surface area contributed by atoms with E-state index in [0.29, 0.717) is 22.0 Å². The fourth-order valence-corrected chi connectivity index (χ4v) is 2.12. The molecule has 0 aliphatic rings.